The molecule has 3 rings (SSSR count). The third-order valence-electron chi connectivity index (χ3n) is 3.96. The number of aliphatic carboxylic acids is 1. The summed E-state index contributed by atoms with van der Waals surface area (Å²) < 4.78 is 36.4. The standard InChI is InChI=1S/C14H18N6S.C2HF3O2/c1-3-4-7-20-11-12(18(2)14(20)21)16-10-17-13(11)19-8-5-15-6-9-19;3-2(4,5)1(6)7/h10,15H,5-9H2,1-2H3;(H,6,7). The van der Waals surface area contributed by atoms with Crippen molar-refractivity contribution in [1.29, 1.82) is 0 Å². The molecule has 0 bridgehead atoms. The minimum atomic E-state index is -5.08. The lowest BCUT2D eigenvalue weighted by Crippen LogP contribution is -2.44. The molecule has 0 saturated carbocycles. The number of rotatable bonds is 2. The van der Waals surface area contributed by atoms with Crippen molar-refractivity contribution in [1.82, 2.24) is 24.4 Å². The summed E-state index contributed by atoms with van der Waals surface area (Å²) >= 11 is 5.53. The highest BCUT2D eigenvalue weighted by atomic mass is 32.1. The summed E-state index contributed by atoms with van der Waals surface area (Å²) in [6.07, 6.45) is -3.47. The van der Waals surface area contributed by atoms with Gasteiger partial charge in [-0.25, -0.2) is 14.8 Å². The van der Waals surface area contributed by atoms with Gasteiger partial charge in [-0.05, 0) is 19.1 Å². The van der Waals surface area contributed by atoms with Gasteiger partial charge in [0.05, 0.1) is 6.54 Å². The smallest absolute Gasteiger partial charge is 0.475 e. The number of hydrogen-bond donors (Lipinski definition) is 2. The molecule has 0 spiro atoms. The molecule has 0 aromatic carbocycles. The zero-order valence-electron chi connectivity index (χ0n) is 15.2. The van der Waals surface area contributed by atoms with Crippen molar-refractivity contribution in [2.75, 3.05) is 31.1 Å². The summed E-state index contributed by atoms with van der Waals surface area (Å²) in [6, 6.07) is 0. The van der Waals surface area contributed by atoms with E-state index >= 15 is 0 Å². The molecule has 152 valence electrons. The summed E-state index contributed by atoms with van der Waals surface area (Å²) in [7, 11) is 1.94. The molecular formula is C16H19F3N6O2S. The Morgan fingerprint density at radius 3 is 2.50 bits per heavy atom. The van der Waals surface area contributed by atoms with E-state index in [4.69, 9.17) is 22.1 Å². The largest absolute Gasteiger partial charge is 0.490 e. The normalized spacial score (nSPS) is 14.1. The van der Waals surface area contributed by atoms with Crippen LogP contribution in [-0.4, -0.2) is 62.5 Å². The van der Waals surface area contributed by atoms with Crippen LogP contribution in [0.3, 0.4) is 0 Å². The minimum absolute atomic E-state index is 0.569. The number of nitrogens with one attached hydrogen (secondary N) is 1. The summed E-state index contributed by atoms with van der Waals surface area (Å²) in [4.78, 5) is 20.1. The maximum atomic E-state index is 10.6. The van der Waals surface area contributed by atoms with Crippen LogP contribution in [0.1, 0.15) is 6.92 Å². The molecule has 12 heteroatoms. The summed E-state index contributed by atoms with van der Waals surface area (Å²) in [6.45, 7) is 6.21. The first-order chi connectivity index (χ1) is 13.2. The van der Waals surface area contributed by atoms with Crippen LogP contribution in [0, 0.1) is 16.6 Å². The molecule has 0 aliphatic carbocycles. The van der Waals surface area contributed by atoms with Crippen molar-refractivity contribution in [3.63, 3.8) is 0 Å². The van der Waals surface area contributed by atoms with Gasteiger partial charge in [-0.2, -0.15) is 13.2 Å². The fourth-order valence-electron chi connectivity index (χ4n) is 2.63. The number of hydrogen-bond acceptors (Lipinski definition) is 6. The predicted molar refractivity (Wildman–Crippen MR) is 99.6 cm³/mol. The summed E-state index contributed by atoms with van der Waals surface area (Å²) in [5.41, 5.74) is 1.84. The van der Waals surface area contributed by atoms with Gasteiger partial charge in [-0.1, -0.05) is 5.92 Å². The monoisotopic (exact) mass is 416 g/mol. The van der Waals surface area contributed by atoms with Gasteiger partial charge in [0, 0.05) is 33.2 Å². The molecule has 2 aromatic heterocycles. The minimum Gasteiger partial charge on any atom is -0.475 e. The van der Waals surface area contributed by atoms with Crippen molar-refractivity contribution in [2.24, 2.45) is 7.05 Å². The lowest BCUT2D eigenvalue weighted by atomic mass is 10.3. The number of nitrogens with zero attached hydrogens (tertiary/aromatic N) is 5. The molecule has 0 radical (unpaired) electrons. The van der Waals surface area contributed by atoms with E-state index in [2.05, 4.69) is 32.0 Å². The first-order valence-electron chi connectivity index (χ1n) is 8.24. The number of halogens is 3. The third-order valence-corrected chi connectivity index (χ3v) is 4.46. The van der Waals surface area contributed by atoms with Gasteiger partial charge in [0.15, 0.2) is 16.2 Å². The number of piperazine rings is 1. The first-order valence-corrected chi connectivity index (χ1v) is 8.65. The lowest BCUT2D eigenvalue weighted by Gasteiger charge is -2.28. The van der Waals surface area contributed by atoms with E-state index in [1.165, 1.54) is 0 Å². The van der Waals surface area contributed by atoms with E-state index in [9.17, 15) is 13.2 Å². The van der Waals surface area contributed by atoms with Crippen LogP contribution in [0.4, 0.5) is 19.0 Å². The molecule has 28 heavy (non-hydrogen) atoms. The molecule has 3 heterocycles. The first kappa shape index (κ1) is 21.6. The summed E-state index contributed by atoms with van der Waals surface area (Å²) in [5.74, 6) is 4.21. The van der Waals surface area contributed by atoms with Gasteiger partial charge in [0.1, 0.15) is 11.8 Å². The molecule has 0 amide bonds. The van der Waals surface area contributed by atoms with Crippen molar-refractivity contribution < 1.29 is 23.1 Å². The van der Waals surface area contributed by atoms with Gasteiger partial charge in [-0.15, -0.1) is 5.92 Å². The second kappa shape index (κ2) is 9.03. The Bertz CT molecular complexity index is 967. The van der Waals surface area contributed by atoms with Crippen LogP contribution >= 0.6 is 12.2 Å². The van der Waals surface area contributed by atoms with Crippen molar-refractivity contribution in [3.8, 4) is 11.8 Å². The maximum absolute atomic E-state index is 10.6. The third kappa shape index (κ3) is 4.79. The molecule has 1 fully saturated rings. The van der Waals surface area contributed by atoms with Crippen molar-refractivity contribution >= 4 is 35.2 Å². The van der Waals surface area contributed by atoms with Crippen molar-refractivity contribution in [2.45, 2.75) is 19.6 Å². The van der Waals surface area contributed by atoms with Crippen molar-refractivity contribution in [3.05, 3.63) is 11.1 Å². The van der Waals surface area contributed by atoms with Crippen LogP contribution in [0.5, 0.6) is 0 Å². The number of aromatic nitrogens is 4. The molecule has 2 aromatic rings. The zero-order chi connectivity index (χ0) is 20.9. The van der Waals surface area contributed by atoms with Crippen LogP contribution in [0.15, 0.2) is 6.33 Å². The number of aryl methyl sites for hydroxylation is 1. The van der Waals surface area contributed by atoms with Gasteiger partial charge in [-0.3, -0.25) is 0 Å². The molecule has 1 aliphatic heterocycles. The van der Waals surface area contributed by atoms with Gasteiger partial charge in [0.2, 0.25) is 0 Å². The molecule has 1 aliphatic rings. The molecule has 1 saturated heterocycles. The topological polar surface area (TPSA) is 88.2 Å². The second-order valence-corrected chi connectivity index (χ2v) is 6.13. The average Bonchev–Trinajstić information content (AvgIpc) is 2.91. The molecule has 0 unspecified atom stereocenters. The number of carboxylic acids is 1. The Morgan fingerprint density at radius 2 is 1.96 bits per heavy atom. The number of carboxylic acid groups (broad SMARTS) is 1. The fourth-order valence-corrected chi connectivity index (χ4v) is 2.87. The Hall–Kier alpha value is -2.65. The highest BCUT2D eigenvalue weighted by Crippen LogP contribution is 2.24. The van der Waals surface area contributed by atoms with E-state index in [-0.39, 0.29) is 0 Å². The second-order valence-electron chi connectivity index (χ2n) is 5.76. The van der Waals surface area contributed by atoms with Crippen LogP contribution in [-0.2, 0) is 18.4 Å². The van der Waals surface area contributed by atoms with E-state index in [1.54, 1.807) is 6.33 Å². The van der Waals surface area contributed by atoms with E-state index in [0.29, 0.717) is 6.54 Å². The number of alkyl halides is 3. The average molecular weight is 416 g/mol. The van der Waals surface area contributed by atoms with Crippen LogP contribution in [0.2, 0.25) is 0 Å². The molecule has 0 atom stereocenters. The highest BCUT2D eigenvalue weighted by molar-refractivity contribution is 7.71. The highest BCUT2D eigenvalue weighted by Gasteiger charge is 2.38. The van der Waals surface area contributed by atoms with E-state index in [1.807, 2.05) is 23.1 Å². The quantitative estimate of drug-likeness (QED) is 0.568. The van der Waals surface area contributed by atoms with Gasteiger partial charge >= 0.3 is 12.1 Å². The van der Waals surface area contributed by atoms with E-state index in [0.717, 1.165) is 47.9 Å². The lowest BCUT2D eigenvalue weighted by molar-refractivity contribution is -0.192. The summed E-state index contributed by atoms with van der Waals surface area (Å²) in [5, 5.41) is 10.5. The number of anilines is 1. The predicted octanol–water partition coefficient (Wildman–Crippen LogP) is 1.57. The number of fused-ring (bicyclic) bond motifs is 1. The molecule has 2 N–H and O–H groups in total. The van der Waals surface area contributed by atoms with Crippen LogP contribution < -0.4 is 10.2 Å². The van der Waals surface area contributed by atoms with Gasteiger partial charge < -0.3 is 24.5 Å². The SMILES string of the molecule is CC#CCn1c(=S)n(C)c2ncnc(N3CCNCC3)c21.O=C(O)C(F)(F)F. The zero-order valence-corrected chi connectivity index (χ0v) is 16.1. The number of carbonyl (C=O) groups is 1. The Balaban J connectivity index is 0.000000345. The Kier molecular flexibility index (Phi) is 6.98. The van der Waals surface area contributed by atoms with E-state index < -0.39 is 12.1 Å². The fraction of sp³-hybridized carbons (Fsp3) is 0.500. The maximum Gasteiger partial charge on any atom is 0.490 e. The number of imidazole rings is 1. The Labute approximate surface area is 164 Å². The molecule has 8 nitrogen and oxygen atoms in total. The molecular weight excluding hydrogens is 397 g/mol. The Morgan fingerprint density at radius 1 is 1.36 bits per heavy atom. The van der Waals surface area contributed by atoms with Gasteiger partial charge in [0.25, 0.3) is 0 Å². The van der Waals surface area contributed by atoms with Crippen LogP contribution in [0.25, 0.3) is 11.2 Å².